The van der Waals surface area contributed by atoms with Crippen LogP contribution in [0.4, 0.5) is 5.69 Å². The average molecular weight is 548 g/mol. The molecular formula is C28H41N3O6S. The van der Waals surface area contributed by atoms with Gasteiger partial charge in [-0.3, -0.25) is 13.9 Å². The van der Waals surface area contributed by atoms with Crippen molar-refractivity contribution in [2.75, 3.05) is 37.9 Å². The Labute approximate surface area is 227 Å². The summed E-state index contributed by atoms with van der Waals surface area (Å²) in [6, 6.07) is 13.6. The van der Waals surface area contributed by atoms with E-state index in [4.69, 9.17) is 9.47 Å². The van der Waals surface area contributed by atoms with E-state index in [2.05, 4.69) is 5.32 Å². The number of methoxy groups -OCH3 is 2. The minimum absolute atomic E-state index is 0.0685. The lowest BCUT2D eigenvalue weighted by atomic mass is 10.1. The van der Waals surface area contributed by atoms with Crippen LogP contribution in [-0.2, 0) is 26.2 Å². The normalized spacial score (nSPS) is 12.1. The molecule has 0 bridgehead atoms. The zero-order valence-electron chi connectivity index (χ0n) is 23.3. The molecule has 1 atom stereocenters. The monoisotopic (exact) mass is 547 g/mol. The second-order valence-corrected chi connectivity index (χ2v) is 11.5. The van der Waals surface area contributed by atoms with Gasteiger partial charge in [0.25, 0.3) is 0 Å². The fraction of sp³-hybridized carbons (Fsp3) is 0.500. The van der Waals surface area contributed by atoms with Gasteiger partial charge in [-0.05, 0) is 48.6 Å². The van der Waals surface area contributed by atoms with Gasteiger partial charge in [0.2, 0.25) is 21.8 Å². The van der Waals surface area contributed by atoms with Gasteiger partial charge in [0.05, 0.1) is 26.2 Å². The van der Waals surface area contributed by atoms with Crippen molar-refractivity contribution in [3.8, 4) is 11.5 Å². The van der Waals surface area contributed by atoms with Crippen molar-refractivity contribution < 1.29 is 27.5 Å². The van der Waals surface area contributed by atoms with E-state index >= 15 is 0 Å². The van der Waals surface area contributed by atoms with Crippen molar-refractivity contribution in [1.29, 1.82) is 0 Å². The first kappa shape index (κ1) is 31.0. The third-order valence-corrected chi connectivity index (χ3v) is 7.24. The first-order valence-corrected chi connectivity index (χ1v) is 14.7. The molecule has 2 aromatic rings. The second-order valence-electron chi connectivity index (χ2n) is 9.55. The number of sulfonamides is 1. The van der Waals surface area contributed by atoms with E-state index in [1.807, 2.05) is 45.0 Å². The predicted octanol–water partition coefficient (Wildman–Crippen LogP) is 3.83. The number of anilines is 1. The van der Waals surface area contributed by atoms with Crippen LogP contribution >= 0.6 is 0 Å². The highest BCUT2D eigenvalue weighted by molar-refractivity contribution is 7.92. The van der Waals surface area contributed by atoms with Crippen molar-refractivity contribution >= 4 is 27.5 Å². The molecule has 9 nitrogen and oxygen atoms in total. The highest BCUT2D eigenvalue weighted by Gasteiger charge is 2.29. The molecule has 0 aliphatic heterocycles. The quantitative estimate of drug-likeness (QED) is 0.363. The summed E-state index contributed by atoms with van der Waals surface area (Å²) in [5.41, 5.74) is 1.25. The highest BCUT2D eigenvalue weighted by Crippen LogP contribution is 2.30. The fourth-order valence-electron chi connectivity index (χ4n) is 4.13. The molecule has 210 valence electrons. The van der Waals surface area contributed by atoms with Gasteiger partial charge in [0.15, 0.2) is 0 Å². The van der Waals surface area contributed by atoms with Crippen LogP contribution in [0.3, 0.4) is 0 Å². The van der Waals surface area contributed by atoms with Gasteiger partial charge < -0.3 is 19.7 Å². The number of benzene rings is 2. The van der Waals surface area contributed by atoms with Crippen LogP contribution in [-0.4, -0.2) is 64.7 Å². The Morgan fingerprint density at radius 3 is 2.34 bits per heavy atom. The maximum atomic E-state index is 13.6. The summed E-state index contributed by atoms with van der Waals surface area (Å²) < 4.78 is 37.1. The Morgan fingerprint density at radius 1 is 1.03 bits per heavy atom. The molecule has 0 spiro atoms. The number of rotatable bonds is 15. The molecule has 0 heterocycles. The van der Waals surface area contributed by atoms with E-state index in [1.54, 1.807) is 36.3 Å². The first-order chi connectivity index (χ1) is 18.0. The van der Waals surface area contributed by atoms with Gasteiger partial charge in [-0.1, -0.05) is 45.0 Å². The lowest BCUT2D eigenvalue weighted by Gasteiger charge is -2.31. The first-order valence-electron chi connectivity index (χ1n) is 12.8. The topological polar surface area (TPSA) is 105 Å². The van der Waals surface area contributed by atoms with Gasteiger partial charge in [0, 0.05) is 26.1 Å². The molecule has 1 unspecified atom stereocenters. The molecule has 0 saturated heterocycles. The minimum atomic E-state index is -3.62. The van der Waals surface area contributed by atoms with E-state index in [-0.39, 0.29) is 43.7 Å². The Hall–Kier alpha value is -3.27. The van der Waals surface area contributed by atoms with Crippen LogP contribution in [0.2, 0.25) is 0 Å². The Balaban J connectivity index is 2.26. The molecule has 38 heavy (non-hydrogen) atoms. The molecular weight excluding hydrogens is 506 g/mol. The third-order valence-electron chi connectivity index (χ3n) is 6.06. The molecule has 0 aliphatic rings. The zero-order valence-corrected chi connectivity index (χ0v) is 24.1. The number of para-hydroxylation sites is 2. The fourth-order valence-corrected chi connectivity index (χ4v) is 5.10. The molecule has 1 N–H and O–H groups in total. The molecule has 0 saturated carbocycles. The highest BCUT2D eigenvalue weighted by atomic mass is 32.2. The summed E-state index contributed by atoms with van der Waals surface area (Å²) in [4.78, 5) is 28.2. The van der Waals surface area contributed by atoms with Crippen LogP contribution in [0, 0.1) is 5.92 Å². The lowest BCUT2D eigenvalue weighted by molar-refractivity contribution is -0.141. The summed E-state index contributed by atoms with van der Waals surface area (Å²) in [6.45, 7) is 6.73. The summed E-state index contributed by atoms with van der Waals surface area (Å²) in [5.74, 6) is 0.928. The summed E-state index contributed by atoms with van der Waals surface area (Å²) in [7, 11) is -0.569. The smallest absolute Gasteiger partial charge is 0.242 e. The number of amides is 2. The standard InChI is InChI=1S/C28H41N3O6S/c1-7-24(28(33)29-19-21(2)3)30(20-22-12-10-13-23(18-22)36-4)27(32)16-11-17-31(38(6,34)35)25-14-8-9-15-26(25)37-5/h8-10,12-15,18,21,24H,7,11,16-17,19-20H2,1-6H3,(H,29,33). The third kappa shape index (κ3) is 8.93. The van der Waals surface area contributed by atoms with Crippen LogP contribution in [0.1, 0.15) is 45.6 Å². The summed E-state index contributed by atoms with van der Waals surface area (Å²) in [5, 5.41) is 2.95. The molecule has 0 fully saturated rings. The summed E-state index contributed by atoms with van der Waals surface area (Å²) in [6.07, 6.45) is 1.90. The number of hydrogen-bond acceptors (Lipinski definition) is 6. The molecule has 0 aliphatic carbocycles. The largest absolute Gasteiger partial charge is 0.497 e. The van der Waals surface area contributed by atoms with E-state index < -0.39 is 16.1 Å². The number of nitrogens with zero attached hydrogens (tertiary/aromatic N) is 2. The van der Waals surface area contributed by atoms with Crippen LogP contribution in [0.15, 0.2) is 48.5 Å². The Kier molecular flexibility index (Phi) is 11.9. The maximum Gasteiger partial charge on any atom is 0.242 e. The number of ether oxygens (including phenoxy) is 2. The van der Waals surface area contributed by atoms with Crippen LogP contribution in [0.5, 0.6) is 11.5 Å². The van der Waals surface area contributed by atoms with Crippen molar-refractivity contribution in [2.24, 2.45) is 5.92 Å². The number of carbonyl (C=O) groups excluding carboxylic acids is 2. The summed E-state index contributed by atoms with van der Waals surface area (Å²) >= 11 is 0. The van der Waals surface area contributed by atoms with Gasteiger partial charge >= 0.3 is 0 Å². The Morgan fingerprint density at radius 2 is 1.74 bits per heavy atom. The number of carbonyl (C=O) groups is 2. The molecule has 2 aromatic carbocycles. The molecule has 0 aromatic heterocycles. The van der Waals surface area contributed by atoms with E-state index in [1.165, 1.54) is 11.4 Å². The van der Waals surface area contributed by atoms with Crippen molar-refractivity contribution in [1.82, 2.24) is 10.2 Å². The van der Waals surface area contributed by atoms with E-state index in [9.17, 15) is 18.0 Å². The molecule has 0 radical (unpaired) electrons. The number of nitrogens with one attached hydrogen (secondary N) is 1. The SMILES string of the molecule is CCC(C(=O)NCC(C)C)N(Cc1cccc(OC)c1)C(=O)CCCN(c1ccccc1OC)S(C)(=O)=O. The van der Waals surface area contributed by atoms with Crippen molar-refractivity contribution in [2.45, 2.75) is 52.6 Å². The maximum absolute atomic E-state index is 13.6. The molecule has 10 heteroatoms. The molecule has 2 amide bonds. The molecule has 2 rings (SSSR count). The second kappa shape index (κ2) is 14.6. The number of hydrogen-bond donors (Lipinski definition) is 1. The van der Waals surface area contributed by atoms with E-state index in [0.29, 0.717) is 30.2 Å². The zero-order chi connectivity index (χ0) is 28.3. The predicted molar refractivity (Wildman–Crippen MR) is 150 cm³/mol. The van der Waals surface area contributed by atoms with E-state index in [0.717, 1.165) is 11.8 Å². The van der Waals surface area contributed by atoms with Crippen molar-refractivity contribution in [3.05, 3.63) is 54.1 Å². The minimum Gasteiger partial charge on any atom is -0.497 e. The van der Waals surface area contributed by atoms with Gasteiger partial charge in [-0.2, -0.15) is 0 Å². The van der Waals surface area contributed by atoms with Crippen LogP contribution < -0.4 is 19.1 Å². The Bertz CT molecular complexity index is 1170. The van der Waals surface area contributed by atoms with Gasteiger partial charge in [-0.25, -0.2) is 8.42 Å². The van der Waals surface area contributed by atoms with Crippen LogP contribution in [0.25, 0.3) is 0 Å². The lowest BCUT2D eigenvalue weighted by Crippen LogP contribution is -2.49. The van der Waals surface area contributed by atoms with Gasteiger partial charge in [-0.15, -0.1) is 0 Å². The van der Waals surface area contributed by atoms with Crippen molar-refractivity contribution in [3.63, 3.8) is 0 Å². The average Bonchev–Trinajstić information content (AvgIpc) is 2.89. The van der Waals surface area contributed by atoms with Gasteiger partial charge in [0.1, 0.15) is 17.5 Å².